The molecule has 6 heteroatoms. The summed E-state index contributed by atoms with van der Waals surface area (Å²) in [6, 6.07) is 17.0. The number of benzene rings is 2. The van der Waals surface area contributed by atoms with E-state index in [1.54, 1.807) is 7.11 Å². The minimum Gasteiger partial charge on any atom is -0.497 e. The van der Waals surface area contributed by atoms with Gasteiger partial charge in [0, 0.05) is 38.4 Å². The fourth-order valence-electron chi connectivity index (χ4n) is 3.82. The third-order valence-corrected chi connectivity index (χ3v) is 5.36. The van der Waals surface area contributed by atoms with Gasteiger partial charge in [-0.3, -0.25) is 4.90 Å². The molecule has 4 nitrogen and oxygen atoms in total. The Bertz CT molecular complexity index is 704. The van der Waals surface area contributed by atoms with Crippen molar-refractivity contribution in [3.63, 3.8) is 0 Å². The summed E-state index contributed by atoms with van der Waals surface area (Å²) >= 11 is 0. The Kier molecular flexibility index (Phi) is 8.24. The van der Waals surface area contributed by atoms with E-state index in [0.717, 1.165) is 51.5 Å². The van der Waals surface area contributed by atoms with E-state index in [-0.39, 0.29) is 30.9 Å². The second kappa shape index (κ2) is 10.2. The first-order valence-electron chi connectivity index (χ1n) is 9.14. The molecule has 4 rings (SSSR count). The second-order valence-corrected chi connectivity index (χ2v) is 6.81. The van der Waals surface area contributed by atoms with Gasteiger partial charge in [-0.2, -0.15) is 0 Å². The van der Waals surface area contributed by atoms with Crippen molar-refractivity contribution in [1.29, 1.82) is 0 Å². The maximum absolute atomic E-state index is 5.98. The highest BCUT2D eigenvalue weighted by molar-refractivity contribution is 5.85. The SMILES string of the molecule is COc1ccc(N2CCN(CCC3OCc4ccccc43)CC2)cc1.Cl.Cl. The smallest absolute Gasteiger partial charge is 0.119 e. The molecule has 2 aliphatic rings. The molecule has 2 aromatic rings. The number of ether oxygens (including phenoxy) is 2. The van der Waals surface area contributed by atoms with Crippen molar-refractivity contribution in [3.8, 4) is 5.75 Å². The van der Waals surface area contributed by atoms with Crippen LogP contribution in [0.1, 0.15) is 23.7 Å². The lowest BCUT2D eigenvalue weighted by Crippen LogP contribution is -2.46. The number of nitrogens with zero attached hydrogens (tertiary/aromatic N) is 2. The van der Waals surface area contributed by atoms with E-state index >= 15 is 0 Å². The average molecular weight is 411 g/mol. The summed E-state index contributed by atoms with van der Waals surface area (Å²) in [7, 11) is 1.71. The van der Waals surface area contributed by atoms with Crippen molar-refractivity contribution < 1.29 is 9.47 Å². The van der Waals surface area contributed by atoms with Crippen molar-refractivity contribution in [1.82, 2.24) is 4.90 Å². The molecule has 0 aliphatic carbocycles. The number of hydrogen-bond acceptors (Lipinski definition) is 4. The molecule has 27 heavy (non-hydrogen) atoms. The van der Waals surface area contributed by atoms with Crippen LogP contribution in [0.25, 0.3) is 0 Å². The van der Waals surface area contributed by atoms with Crippen LogP contribution in [-0.4, -0.2) is 44.7 Å². The first-order valence-corrected chi connectivity index (χ1v) is 9.14. The van der Waals surface area contributed by atoms with Gasteiger partial charge in [0.1, 0.15) is 5.75 Å². The summed E-state index contributed by atoms with van der Waals surface area (Å²) in [5.74, 6) is 0.916. The molecule has 1 atom stereocenters. The Morgan fingerprint density at radius 1 is 0.963 bits per heavy atom. The molecule has 0 spiro atoms. The normalized spacial score (nSPS) is 19.0. The summed E-state index contributed by atoms with van der Waals surface area (Å²) in [5, 5.41) is 0. The van der Waals surface area contributed by atoms with E-state index in [0.29, 0.717) is 0 Å². The molecule has 0 aromatic heterocycles. The molecule has 0 amide bonds. The average Bonchev–Trinajstić information content (AvgIpc) is 3.10. The molecule has 0 bridgehead atoms. The summed E-state index contributed by atoms with van der Waals surface area (Å²) < 4.78 is 11.2. The standard InChI is InChI=1S/C21H26N2O2.2ClH/c1-24-19-8-6-18(7-9-19)23-14-12-22(13-15-23)11-10-21-20-5-3-2-4-17(20)16-25-21;;/h2-9,21H,10-16H2,1H3;2*1H. The highest BCUT2D eigenvalue weighted by Gasteiger charge is 2.24. The van der Waals surface area contributed by atoms with Gasteiger partial charge in [0.2, 0.25) is 0 Å². The van der Waals surface area contributed by atoms with Crippen molar-refractivity contribution in [3.05, 3.63) is 59.7 Å². The Balaban J connectivity index is 0.00000131. The zero-order chi connectivity index (χ0) is 17.1. The van der Waals surface area contributed by atoms with E-state index < -0.39 is 0 Å². The second-order valence-electron chi connectivity index (χ2n) is 6.81. The lowest BCUT2D eigenvalue weighted by atomic mass is 10.0. The van der Waals surface area contributed by atoms with Gasteiger partial charge in [-0.25, -0.2) is 0 Å². The van der Waals surface area contributed by atoms with Crippen LogP contribution in [0.15, 0.2) is 48.5 Å². The van der Waals surface area contributed by atoms with E-state index in [4.69, 9.17) is 9.47 Å². The predicted octanol–water partition coefficient (Wildman–Crippen LogP) is 4.32. The number of methoxy groups -OCH3 is 1. The van der Waals surface area contributed by atoms with Crippen molar-refractivity contribution in [2.75, 3.05) is 44.7 Å². The van der Waals surface area contributed by atoms with Crippen LogP contribution in [0.3, 0.4) is 0 Å². The molecule has 0 N–H and O–H groups in total. The van der Waals surface area contributed by atoms with Crippen LogP contribution in [0.4, 0.5) is 5.69 Å². The molecule has 2 aromatic carbocycles. The lowest BCUT2D eigenvalue weighted by molar-refractivity contribution is 0.0510. The highest BCUT2D eigenvalue weighted by Crippen LogP contribution is 2.33. The van der Waals surface area contributed by atoms with Gasteiger partial charge in [-0.05, 0) is 41.8 Å². The van der Waals surface area contributed by atoms with Crippen LogP contribution in [0, 0.1) is 0 Å². The highest BCUT2D eigenvalue weighted by atomic mass is 35.5. The molecule has 2 heterocycles. The fourth-order valence-corrected chi connectivity index (χ4v) is 3.82. The molecule has 148 valence electrons. The largest absolute Gasteiger partial charge is 0.497 e. The number of piperazine rings is 1. The van der Waals surface area contributed by atoms with Gasteiger partial charge in [0.05, 0.1) is 19.8 Å². The van der Waals surface area contributed by atoms with Gasteiger partial charge in [-0.1, -0.05) is 24.3 Å². The van der Waals surface area contributed by atoms with Crippen LogP contribution in [-0.2, 0) is 11.3 Å². The summed E-state index contributed by atoms with van der Waals surface area (Å²) in [6.45, 7) is 6.26. The van der Waals surface area contributed by atoms with Crippen LogP contribution >= 0.6 is 24.8 Å². The maximum atomic E-state index is 5.98. The van der Waals surface area contributed by atoms with Crippen LogP contribution in [0.2, 0.25) is 0 Å². The summed E-state index contributed by atoms with van der Waals surface area (Å²) in [4.78, 5) is 5.02. The van der Waals surface area contributed by atoms with Gasteiger partial charge in [-0.15, -0.1) is 24.8 Å². The quantitative estimate of drug-likeness (QED) is 0.732. The molecular formula is C21H28Cl2N2O2. The van der Waals surface area contributed by atoms with Crippen molar-refractivity contribution in [2.24, 2.45) is 0 Å². The minimum absolute atomic E-state index is 0. The molecule has 2 aliphatic heterocycles. The van der Waals surface area contributed by atoms with Gasteiger partial charge >= 0.3 is 0 Å². The monoisotopic (exact) mass is 410 g/mol. The summed E-state index contributed by atoms with van der Waals surface area (Å²) in [5.41, 5.74) is 4.03. The molecule has 1 unspecified atom stereocenters. The van der Waals surface area contributed by atoms with E-state index in [9.17, 15) is 0 Å². The van der Waals surface area contributed by atoms with Crippen LogP contribution < -0.4 is 9.64 Å². The molecule has 0 saturated carbocycles. The number of halogens is 2. The molecule has 1 saturated heterocycles. The molecular weight excluding hydrogens is 383 g/mol. The number of hydrogen-bond donors (Lipinski definition) is 0. The van der Waals surface area contributed by atoms with Gasteiger partial charge in [0.25, 0.3) is 0 Å². The number of anilines is 1. The van der Waals surface area contributed by atoms with E-state index in [1.807, 2.05) is 12.1 Å². The molecule has 1 fully saturated rings. The van der Waals surface area contributed by atoms with E-state index in [2.05, 4.69) is 46.2 Å². The van der Waals surface area contributed by atoms with Gasteiger partial charge in [0.15, 0.2) is 0 Å². The number of rotatable bonds is 5. The fraction of sp³-hybridized carbons (Fsp3) is 0.429. The first-order chi connectivity index (χ1) is 12.3. The Labute approximate surface area is 174 Å². The Morgan fingerprint density at radius 2 is 1.67 bits per heavy atom. The summed E-state index contributed by atoms with van der Waals surface area (Å²) in [6.07, 6.45) is 1.36. The lowest BCUT2D eigenvalue weighted by Gasteiger charge is -2.36. The minimum atomic E-state index is 0. The first kappa shape index (κ1) is 21.8. The Hall–Kier alpha value is -1.46. The zero-order valence-corrected chi connectivity index (χ0v) is 17.3. The van der Waals surface area contributed by atoms with Crippen LogP contribution in [0.5, 0.6) is 5.75 Å². The third kappa shape index (κ3) is 5.08. The predicted molar refractivity (Wildman–Crippen MR) is 115 cm³/mol. The van der Waals surface area contributed by atoms with Crippen molar-refractivity contribution in [2.45, 2.75) is 19.1 Å². The van der Waals surface area contributed by atoms with E-state index in [1.165, 1.54) is 16.8 Å². The van der Waals surface area contributed by atoms with Crippen molar-refractivity contribution >= 4 is 30.5 Å². The topological polar surface area (TPSA) is 24.9 Å². The molecule has 0 radical (unpaired) electrons. The van der Waals surface area contributed by atoms with Gasteiger partial charge < -0.3 is 14.4 Å². The zero-order valence-electron chi connectivity index (χ0n) is 15.7. The number of fused-ring (bicyclic) bond motifs is 1. The Morgan fingerprint density at radius 3 is 2.37 bits per heavy atom. The maximum Gasteiger partial charge on any atom is 0.119 e. The third-order valence-electron chi connectivity index (χ3n) is 5.36.